The third-order valence-electron chi connectivity index (χ3n) is 6.72. The predicted molar refractivity (Wildman–Crippen MR) is 134 cm³/mol. The number of imidazole rings is 1. The van der Waals surface area contributed by atoms with Crippen molar-refractivity contribution in [1.82, 2.24) is 29.9 Å². The van der Waals surface area contributed by atoms with Crippen LogP contribution in [0.15, 0.2) is 53.7 Å². The number of likely N-dealkylation sites (N-methyl/N-ethyl adjacent to an activating group) is 1. The Kier molecular flexibility index (Phi) is 7.42. The minimum atomic E-state index is -2.68. The lowest BCUT2D eigenvalue weighted by atomic mass is 9.81. The zero-order chi connectivity index (χ0) is 25.9. The van der Waals surface area contributed by atoms with Gasteiger partial charge >= 0.3 is 0 Å². The predicted octanol–water partition coefficient (Wildman–Crippen LogP) is 4.92. The van der Waals surface area contributed by atoms with E-state index in [0.29, 0.717) is 23.6 Å². The molecule has 1 N–H and O–H groups in total. The van der Waals surface area contributed by atoms with E-state index >= 15 is 0 Å². The van der Waals surface area contributed by atoms with E-state index in [9.17, 15) is 13.6 Å². The molecule has 1 unspecified atom stereocenters. The number of aryl methyl sites for hydroxylation is 1. The number of pyridine rings is 1. The Bertz CT molecular complexity index is 1260. The Morgan fingerprint density at radius 2 is 2.17 bits per heavy atom. The fraction of sp³-hybridized carbons (Fsp3) is 0.423. The first kappa shape index (κ1) is 25.4. The molecule has 190 valence electrons. The van der Waals surface area contributed by atoms with Crippen LogP contribution in [-0.4, -0.2) is 49.7 Å². The number of carbonyl (C=O) groups is 1. The number of hydrogen-bond acceptors (Lipinski definition) is 6. The zero-order valence-electron chi connectivity index (χ0n) is 20.8. The third-order valence-corrected chi connectivity index (χ3v) is 6.72. The molecule has 36 heavy (non-hydrogen) atoms. The lowest BCUT2D eigenvalue weighted by Crippen LogP contribution is -2.40. The summed E-state index contributed by atoms with van der Waals surface area (Å²) in [4.78, 5) is 22.3. The first-order chi connectivity index (χ1) is 17.3. The van der Waals surface area contributed by atoms with Crippen molar-refractivity contribution in [3.63, 3.8) is 0 Å². The highest BCUT2D eigenvalue weighted by molar-refractivity contribution is 5.93. The molecule has 3 aromatic rings. The highest BCUT2D eigenvalue weighted by Gasteiger charge is 2.39. The second-order valence-corrected chi connectivity index (χ2v) is 9.03. The second-order valence-electron chi connectivity index (χ2n) is 9.03. The molecule has 4 rings (SSSR count). The van der Waals surface area contributed by atoms with E-state index in [1.165, 1.54) is 5.01 Å². The molecule has 1 saturated carbocycles. The minimum Gasteiger partial charge on any atom is -0.342 e. The molecule has 0 aromatic carbocycles. The first-order valence-corrected chi connectivity index (χ1v) is 12.1. The fourth-order valence-corrected chi connectivity index (χ4v) is 4.78. The van der Waals surface area contributed by atoms with Gasteiger partial charge in [-0.05, 0) is 51.7 Å². The number of alkyl halides is 2. The summed E-state index contributed by atoms with van der Waals surface area (Å²) in [6.45, 7) is 9.52. The van der Waals surface area contributed by atoms with Crippen molar-refractivity contribution < 1.29 is 13.6 Å². The lowest BCUT2D eigenvalue weighted by molar-refractivity contribution is -0.120. The Hall–Kier alpha value is -3.69. The van der Waals surface area contributed by atoms with E-state index in [2.05, 4.69) is 27.2 Å². The number of amides is 1. The quantitative estimate of drug-likeness (QED) is 0.272. The molecule has 1 amide bonds. The Morgan fingerprint density at radius 1 is 1.42 bits per heavy atom. The number of nitrogens with zero attached hydrogens (tertiary/aromatic N) is 6. The molecule has 10 heteroatoms. The smallest absolute Gasteiger partial charge is 0.269 e. The van der Waals surface area contributed by atoms with Crippen LogP contribution in [0.2, 0.25) is 0 Å². The van der Waals surface area contributed by atoms with Gasteiger partial charge in [-0.3, -0.25) is 14.8 Å². The van der Waals surface area contributed by atoms with Crippen LogP contribution in [0, 0.1) is 12.8 Å². The monoisotopic (exact) mass is 495 g/mol. The third kappa shape index (κ3) is 5.27. The van der Waals surface area contributed by atoms with E-state index in [1.54, 1.807) is 36.1 Å². The number of aromatic nitrogens is 4. The molecule has 1 aliphatic rings. The zero-order valence-corrected chi connectivity index (χ0v) is 20.8. The number of fused-ring (bicyclic) bond motifs is 1. The van der Waals surface area contributed by atoms with Crippen LogP contribution in [0.4, 0.5) is 8.78 Å². The molecule has 8 nitrogen and oxygen atoms in total. The number of carbonyl (C=O) groups excluding carboxylic acids is 1. The molecule has 0 spiro atoms. The van der Waals surface area contributed by atoms with E-state index in [1.807, 2.05) is 32.0 Å². The van der Waals surface area contributed by atoms with Crippen LogP contribution in [-0.2, 0) is 4.79 Å². The van der Waals surface area contributed by atoms with Crippen molar-refractivity contribution in [3.05, 3.63) is 60.0 Å². The normalized spacial score (nSPS) is 17.1. The Balaban J connectivity index is 1.71. The fourth-order valence-electron chi connectivity index (χ4n) is 4.78. The number of hydrazone groups is 1. The molecule has 3 aromatic heterocycles. The van der Waals surface area contributed by atoms with Crippen LogP contribution in [0.5, 0.6) is 0 Å². The summed E-state index contributed by atoms with van der Waals surface area (Å²) in [5.74, 6) is -3.23. The Morgan fingerprint density at radius 3 is 2.78 bits per heavy atom. The number of halogens is 2. The molecule has 0 radical (unpaired) electrons. The molecule has 0 aliphatic heterocycles. The van der Waals surface area contributed by atoms with E-state index in [0.717, 1.165) is 16.8 Å². The van der Waals surface area contributed by atoms with Crippen LogP contribution in [0.25, 0.3) is 16.8 Å². The van der Waals surface area contributed by atoms with Gasteiger partial charge in [0.2, 0.25) is 5.92 Å². The van der Waals surface area contributed by atoms with Crippen molar-refractivity contribution in [3.8, 4) is 11.1 Å². The summed E-state index contributed by atoms with van der Waals surface area (Å²) in [5, 5.41) is 13.1. The second kappa shape index (κ2) is 10.5. The molecule has 3 heterocycles. The number of allylic oxidation sites excluding steroid dienone is 1. The van der Waals surface area contributed by atoms with Crippen molar-refractivity contribution in [2.75, 3.05) is 6.54 Å². The molecule has 0 bridgehead atoms. The summed E-state index contributed by atoms with van der Waals surface area (Å²) < 4.78 is 29.6. The SMILES string of the molecule is C=NN(CC)/C(=C\C)C(=O)NC(c1cn2nc(C)c(-c3cccnc3)cc2n1)C1CCC(F)(F)CC1. The highest BCUT2D eigenvalue weighted by Crippen LogP contribution is 2.41. The van der Waals surface area contributed by atoms with Crippen LogP contribution < -0.4 is 5.32 Å². The van der Waals surface area contributed by atoms with Gasteiger partial charge in [-0.15, -0.1) is 0 Å². The van der Waals surface area contributed by atoms with Gasteiger partial charge in [-0.25, -0.2) is 18.3 Å². The van der Waals surface area contributed by atoms with Crippen molar-refractivity contribution >= 4 is 18.3 Å². The minimum absolute atomic E-state index is 0.192. The van der Waals surface area contributed by atoms with Gasteiger partial charge in [-0.2, -0.15) is 10.2 Å². The van der Waals surface area contributed by atoms with E-state index in [-0.39, 0.29) is 37.5 Å². The molecule has 1 aliphatic carbocycles. The highest BCUT2D eigenvalue weighted by atomic mass is 19.3. The van der Waals surface area contributed by atoms with Gasteiger partial charge in [0.25, 0.3) is 5.91 Å². The van der Waals surface area contributed by atoms with Gasteiger partial charge in [-0.1, -0.05) is 12.1 Å². The van der Waals surface area contributed by atoms with Crippen LogP contribution in [0.1, 0.15) is 57.0 Å². The van der Waals surface area contributed by atoms with Gasteiger partial charge in [0.1, 0.15) is 5.70 Å². The molecular formula is C26H31F2N7O. The number of hydrogen-bond donors (Lipinski definition) is 1. The van der Waals surface area contributed by atoms with Crippen molar-refractivity contribution in [2.45, 2.75) is 58.4 Å². The van der Waals surface area contributed by atoms with Crippen molar-refractivity contribution in [2.24, 2.45) is 11.0 Å². The average Bonchev–Trinajstić information content (AvgIpc) is 3.28. The number of rotatable bonds is 8. The van der Waals surface area contributed by atoms with Crippen molar-refractivity contribution in [1.29, 1.82) is 0 Å². The summed E-state index contributed by atoms with van der Waals surface area (Å²) in [5.41, 5.74) is 4.14. The molecule has 1 fully saturated rings. The largest absolute Gasteiger partial charge is 0.342 e. The standard InChI is InChI=1S/C26H31F2N7O/c1-5-22(34(6-2)29-4)25(36)32-24(18-9-11-26(27,28)12-10-18)21-16-35-23(31-21)14-20(17(3)33-35)19-8-7-13-30-15-19/h5,7-8,13-16,18,24H,4,6,9-12H2,1-3H3,(H,32,36)/b22-5-. The summed E-state index contributed by atoms with van der Waals surface area (Å²) in [6.07, 6.45) is 7.03. The Labute approximate surface area is 209 Å². The maximum Gasteiger partial charge on any atom is 0.269 e. The summed E-state index contributed by atoms with van der Waals surface area (Å²) in [6, 6.07) is 5.18. The van der Waals surface area contributed by atoms with Gasteiger partial charge in [0.05, 0.1) is 23.6 Å². The maximum atomic E-state index is 13.9. The molecule has 0 saturated heterocycles. The topological polar surface area (TPSA) is 87.8 Å². The first-order valence-electron chi connectivity index (χ1n) is 12.1. The van der Waals surface area contributed by atoms with Gasteiger partial charge in [0, 0.05) is 49.6 Å². The summed E-state index contributed by atoms with van der Waals surface area (Å²) >= 11 is 0. The summed E-state index contributed by atoms with van der Waals surface area (Å²) in [7, 11) is 0. The van der Waals surface area contributed by atoms with Gasteiger partial charge in [0.15, 0.2) is 5.65 Å². The van der Waals surface area contributed by atoms with Gasteiger partial charge < -0.3 is 5.32 Å². The average molecular weight is 496 g/mol. The van der Waals surface area contributed by atoms with Crippen LogP contribution in [0.3, 0.4) is 0 Å². The lowest BCUT2D eigenvalue weighted by Gasteiger charge is -2.34. The molecule has 1 atom stereocenters. The number of nitrogens with one attached hydrogen (secondary N) is 1. The molecular weight excluding hydrogens is 464 g/mol. The van der Waals surface area contributed by atoms with E-state index in [4.69, 9.17) is 4.98 Å². The maximum absolute atomic E-state index is 13.9. The van der Waals surface area contributed by atoms with Crippen LogP contribution >= 0.6 is 0 Å². The van der Waals surface area contributed by atoms with E-state index < -0.39 is 12.0 Å².